The molecule has 5 nitrogen and oxygen atoms in total. The Hall–Kier alpha value is -2.18. The number of rotatable bonds is 8. The van der Waals surface area contributed by atoms with Gasteiger partial charge in [-0.05, 0) is 29.0 Å². The molecular formula is C19H25N3O2S. The molecule has 2 rings (SSSR count). The van der Waals surface area contributed by atoms with Crippen LogP contribution < -0.4 is 10.6 Å². The van der Waals surface area contributed by atoms with Gasteiger partial charge in [0.25, 0.3) is 0 Å². The minimum Gasteiger partial charge on any atom is -0.358 e. The maximum atomic E-state index is 12.3. The van der Waals surface area contributed by atoms with E-state index in [1.54, 1.807) is 25.4 Å². The average molecular weight is 359 g/mol. The summed E-state index contributed by atoms with van der Waals surface area (Å²) in [5.74, 6) is -0.295. The third-order valence-electron chi connectivity index (χ3n) is 4.09. The second kappa shape index (κ2) is 9.34. The van der Waals surface area contributed by atoms with Crippen LogP contribution in [0.4, 0.5) is 0 Å². The van der Waals surface area contributed by atoms with Crippen molar-refractivity contribution in [1.82, 2.24) is 15.5 Å². The van der Waals surface area contributed by atoms with E-state index in [1.165, 1.54) is 10.5 Å². The Morgan fingerprint density at radius 3 is 2.48 bits per heavy atom. The van der Waals surface area contributed by atoms with Crippen LogP contribution in [0.3, 0.4) is 0 Å². The molecule has 0 fully saturated rings. The van der Waals surface area contributed by atoms with E-state index in [-0.39, 0.29) is 30.9 Å². The van der Waals surface area contributed by atoms with Gasteiger partial charge in [0, 0.05) is 19.0 Å². The largest absolute Gasteiger partial charge is 0.358 e. The predicted molar refractivity (Wildman–Crippen MR) is 102 cm³/mol. The van der Waals surface area contributed by atoms with Crippen molar-refractivity contribution in [3.05, 3.63) is 57.8 Å². The Labute approximate surface area is 153 Å². The molecule has 6 heteroatoms. The number of aryl methyl sites for hydroxylation is 1. The summed E-state index contributed by atoms with van der Waals surface area (Å²) in [4.78, 5) is 26.3. The van der Waals surface area contributed by atoms with Crippen molar-refractivity contribution in [2.24, 2.45) is 0 Å². The zero-order valence-electron chi connectivity index (χ0n) is 14.9. The molecule has 25 heavy (non-hydrogen) atoms. The van der Waals surface area contributed by atoms with Crippen LogP contribution in [0.2, 0.25) is 0 Å². The van der Waals surface area contributed by atoms with Crippen molar-refractivity contribution in [3.63, 3.8) is 0 Å². The normalized spacial score (nSPS) is 11.8. The van der Waals surface area contributed by atoms with Gasteiger partial charge in [-0.15, -0.1) is 11.3 Å². The second-order valence-corrected chi connectivity index (χ2v) is 6.83. The number of amides is 2. The van der Waals surface area contributed by atoms with E-state index in [0.29, 0.717) is 0 Å². The lowest BCUT2D eigenvalue weighted by atomic mass is 10.0. The first kappa shape index (κ1) is 19.1. The molecule has 2 amide bonds. The predicted octanol–water partition coefficient (Wildman–Crippen LogP) is 2.19. The summed E-state index contributed by atoms with van der Waals surface area (Å²) >= 11 is 1.66. The van der Waals surface area contributed by atoms with Crippen LogP contribution in [0.15, 0.2) is 41.8 Å². The number of nitrogens with one attached hydrogen (secondary N) is 2. The lowest BCUT2D eigenvalue weighted by Crippen LogP contribution is -2.42. The van der Waals surface area contributed by atoms with Gasteiger partial charge >= 0.3 is 0 Å². The molecular weight excluding hydrogens is 334 g/mol. The molecule has 0 unspecified atom stereocenters. The molecule has 0 aliphatic carbocycles. The van der Waals surface area contributed by atoms with Crippen molar-refractivity contribution < 1.29 is 9.59 Å². The van der Waals surface area contributed by atoms with Gasteiger partial charge in [-0.25, -0.2) is 0 Å². The highest BCUT2D eigenvalue weighted by atomic mass is 32.1. The van der Waals surface area contributed by atoms with Gasteiger partial charge in [0.2, 0.25) is 11.8 Å². The number of hydrogen-bond donors (Lipinski definition) is 2. The molecule has 0 radical (unpaired) electrons. The lowest BCUT2D eigenvalue weighted by Gasteiger charge is -2.21. The smallest absolute Gasteiger partial charge is 0.239 e. The maximum absolute atomic E-state index is 12.3. The van der Waals surface area contributed by atoms with Crippen molar-refractivity contribution in [2.75, 3.05) is 27.2 Å². The third-order valence-corrected chi connectivity index (χ3v) is 5.03. The SMILES string of the molecule is CCc1ccc([C@H](NCC(=O)N(C)CC(=O)NC)c2cccs2)cc1. The van der Waals surface area contributed by atoms with Crippen LogP contribution in [0, 0.1) is 0 Å². The fourth-order valence-electron chi connectivity index (χ4n) is 2.49. The minimum absolute atomic E-state index is 0.0387. The van der Waals surface area contributed by atoms with Gasteiger partial charge in [0.05, 0.1) is 19.1 Å². The summed E-state index contributed by atoms with van der Waals surface area (Å²) in [5.41, 5.74) is 2.41. The number of nitrogens with zero attached hydrogens (tertiary/aromatic N) is 1. The molecule has 1 atom stereocenters. The van der Waals surface area contributed by atoms with Crippen LogP contribution in [0.25, 0.3) is 0 Å². The van der Waals surface area contributed by atoms with Crippen molar-refractivity contribution in [3.8, 4) is 0 Å². The maximum Gasteiger partial charge on any atom is 0.239 e. The number of benzene rings is 1. The summed E-state index contributed by atoms with van der Waals surface area (Å²) in [6.07, 6.45) is 1.00. The van der Waals surface area contributed by atoms with E-state index in [2.05, 4.69) is 47.9 Å². The van der Waals surface area contributed by atoms with Crippen molar-refractivity contribution in [1.29, 1.82) is 0 Å². The number of thiophene rings is 1. The highest BCUT2D eigenvalue weighted by Crippen LogP contribution is 2.26. The van der Waals surface area contributed by atoms with E-state index < -0.39 is 0 Å². The monoisotopic (exact) mass is 359 g/mol. The summed E-state index contributed by atoms with van der Waals surface area (Å²) in [6.45, 7) is 2.36. The van der Waals surface area contributed by atoms with Crippen LogP contribution >= 0.6 is 11.3 Å². The summed E-state index contributed by atoms with van der Waals surface area (Å²) in [7, 11) is 3.20. The fraction of sp³-hybridized carbons (Fsp3) is 0.368. The third kappa shape index (κ3) is 5.41. The zero-order valence-corrected chi connectivity index (χ0v) is 15.7. The molecule has 0 spiro atoms. The summed E-state index contributed by atoms with van der Waals surface area (Å²) in [5, 5.41) is 7.89. The van der Waals surface area contributed by atoms with Crippen LogP contribution in [-0.4, -0.2) is 43.9 Å². The van der Waals surface area contributed by atoms with Crippen LogP contribution in [-0.2, 0) is 16.0 Å². The molecule has 0 aliphatic rings. The van der Waals surface area contributed by atoms with Gasteiger partial charge < -0.3 is 10.2 Å². The number of hydrogen-bond acceptors (Lipinski definition) is 4. The minimum atomic E-state index is -0.180. The van der Waals surface area contributed by atoms with E-state index >= 15 is 0 Å². The second-order valence-electron chi connectivity index (χ2n) is 5.85. The highest BCUT2D eigenvalue weighted by molar-refractivity contribution is 7.10. The molecule has 1 heterocycles. The Morgan fingerprint density at radius 1 is 1.20 bits per heavy atom. The van der Waals surface area contributed by atoms with Gasteiger partial charge in [0.15, 0.2) is 0 Å². The molecule has 0 saturated carbocycles. The first-order valence-electron chi connectivity index (χ1n) is 8.35. The zero-order chi connectivity index (χ0) is 18.2. The number of carbonyl (C=O) groups excluding carboxylic acids is 2. The Bertz CT molecular complexity index is 683. The van der Waals surface area contributed by atoms with Crippen molar-refractivity contribution >= 4 is 23.2 Å². The van der Waals surface area contributed by atoms with Gasteiger partial charge in [-0.3, -0.25) is 14.9 Å². The van der Waals surface area contributed by atoms with E-state index in [0.717, 1.165) is 16.9 Å². The molecule has 1 aromatic heterocycles. The molecule has 0 saturated heterocycles. The fourth-order valence-corrected chi connectivity index (χ4v) is 3.32. The van der Waals surface area contributed by atoms with Gasteiger partial charge in [-0.2, -0.15) is 0 Å². The quantitative estimate of drug-likeness (QED) is 0.760. The van der Waals surface area contributed by atoms with Crippen LogP contribution in [0.5, 0.6) is 0 Å². The Balaban J connectivity index is 2.07. The van der Waals surface area contributed by atoms with Crippen LogP contribution in [0.1, 0.15) is 29.0 Å². The van der Waals surface area contributed by atoms with Gasteiger partial charge in [-0.1, -0.05) is 37.3 Å². The van der Waals surface area contributed by atoms with Gasteiger partial charge in [0.1, 0.15) is 0 Å². The van der Waals surface area contributed by atoms with Crippen molar-refractivity contribution in [2.45, 2.75) is 19.4 Å². The molecule has 1 aromatic carbocycles. The molecule has 0 bridgehead atoms. The lowest BCUT2D eigenvalue weighted by molar-refractivity contribution is -0.133. The highest BCUT2D eigenvalue weighted by Gasteiger charge is 2.18. The Morgan fingerprint density at radius 2 is 1.92 bits per heavy atom. The molecule has 2 N–H and O–H groups in total. The molecule has 2 aromatic rings. The van der Waals surface area contributed by atoms with E-state index in [1.807, 2.05) is 11.4 Å². The number of likely N-dealkylation sites (N-methyl/N-ethyl adjacent to an activating group) is 2. The number of carbonyl (C=O) groups is 2. The first-order valence-corrected chi connectivity index (χ1v) is 9.23. The molecule has 0 aliphatic heterocycles. The molecule has 134 valence electrons. The summed E-state index contributed by atoms with van der Waals surface area (Å²) in [6, 6.07) is 12.5. The standard InChI is InChI=1S/C19H25N3O2S/c1-4-14-7-9-15(10-8-14)19(16-6-5-11-25-16)21-12-18(24)22(3)13-17(23)20-2/h5-11,19,21H,4,12-13H2,1-3H3,(H,20,23)/t19-/m0/s1. The topological polar surface area (TPSA) is 61.4 Å². The van der Waals surface area contributed by atoms with E-state index in [4.69, 9.17) is 0 Å². The Kier molecular flexibility index (Phi) is 7.16. The average Bonchev–Trinajstić information content (AvgIpc) is 3.16. The summed E-state index contributed by atoms with van der Waals surface area (Å²) < 4.78 is 0. The first-order chi connectivity index (χ1) is 12.0. The van der Waals surface area contributed by atoms with E-state index in [9.17, 15) is 9.59 Å².